The highest BCUT2D eigenvalue weighted by molar-refractivity contribution is 8.18. The molecular weight excluding hydrogens is 369 g/mol. The molecule has 1 N–H and O–H groups in total. The topological polar surface area (TPSA) is 57.6 Å². The normalized spacial score (nSPS) is 16.2. The van der Waals surface area contributed by atoms with Gasteiger partial charge in [-0.1, -0.05) is 41.4 Å². The maximum atomic E-state index is 12.5. The van der Waals surface area contributed by atoms with Crippen LogP contribution in [0.4, 0.5) is 4.79 Å². The molecule has 0 aromatic heterocycles. The maximum absolute atomic E-state index is 12.5. The molecule has 1 aliphatic heterocycles. The Balaban J connectivity index is 1.87. The third-order valence-electron chi connectivity index (χ3n) is 3.42. The molecular formula is C17H11Cl2NO3S. The van der Waals surface area contributed by atoms with Crippen molar-refractivity contribution in [3.05, 3.63) is 68.5 Å². The molecule has 122 valence electrons. The van der Waals surface area contributed by atoms with Crippen molar-refractivity contribution in [2.45, 2.75) is 6.54 Å². The number of phenols is 1. The maximum Gasteiger partial charge on any atom is 0.293 e. The summed E-state index contributed by atoms with van der Waals surface area (Å²) >= 11 is 13.1. The smallest absolute Gasteiger partial charge is 0.293 e. The van der Waals surface area contributed by atoms with Gasteiger partial charge in [-0.05, 0) is 47.7 Å². The molecule has 0 bridgehead atoms. The third kappa shape index (κ3) is 3.43. The molecule has 2 amide bonds. The molecule has 3 rings (SSSR count). The zero-order chi connectivity index (χ0) is 17.3. The molecule has 4 nitrogen and oxygen atoms in total. The molecule has 0 atom stereocenters. The molecule has 2 aromatic rings. The van der Waals surface area contributed by atoms with Gasteiger partial charge in [-0.15, -0.1) is 0 Å². The second kappa shape index (κ2) is 6.89. The Kier molecular flexibility index (Phi) is 4.85. The number of aromatic hydroxyl groups is 1. The van der Waals surface area contributed by atoms with Crippen molar-refractivity contribution in [3.8, 4) is 5.75 Å². The largest absolute Gasteiger partial charge is 0.508 e. The predicted molar refractivity (Wildman–Crippen MR) is 96.1 cm³/mol. The number of imide groups is 1. The number of halogens is 2. The van der Waals surface area contributed by atoms with Gasteiger partial charge in [-0.2, -0.15) is 0 Å². The van der Waals surface area contributed by atoms with E-state index in [1.807, 2.05) is 0 Å². The van der Waals surface area contributed by atoms with E-state index in [0.717, 1.165) is 16.7 Å². The van der Waals surface area contributed by atoms with Gasteiger partial charge in [0.05, 0.1) is 11.4 Å². The van der Waals surface area contributed by atoms with Crippen LogP contribution < -0.4 is 0 Å². The minimum atomic E-state index is -0.413. The van der Waals surface area contributed by atoms with Crippen LogP contribution in [-0.2, 0) is 11.3 Å². The molecule has 0 radical (unpaired) electrons. The van der Waals surface area contributed by atoms with Gasteiger partial charge in [-0.3, -0.25) is 14.5 Å². The van der Waals surface area contributed by atoms with Gasteiger partial charge in [0.25, 0.3) is 11.1 Å². The van der Waals surface area contributed by atoms with Crippen molar-refractivity contribution in [1.82, 2.24) is 4.90 Å². The summed E-state index contributed by atoms with van der Waals surface area (Å²) in [7, 11) is 0. The third-order valence-corrected chi connectivity index (χ3v) is 5.04. The average molecular weight is 380 g/mol. The molecule has 1 aliphatic rings. The van der Waals surface area contributed by atoms with Gasteiger partial charge in [0.15, 0.2) is 0 Å². The van der Waals surface area contributed by atoms with Crippen LogP contribution in [0.5, 0.6) is 5.75 Å². The summed E-state index contributed by atoms with van der Waals surface area (Å²) < 4.78 is 0. The van der Waals surface area contributed by atoms with E-state index >= 15 is 0 Å². The van der Waals surface area contributed by atoms with E-state index in [0.29, 0.717) is 21.2 Å². The fourth-order valence-electron chi connectivity index (χ4n) is 2.24. The van der Waals surface area contributed by atoms with Crippen molar-refractivity contribution in [1.29, 1.82) is 0 Å². The number of rotatable bonds is 3. The van der Waals surface area contributed by atoms with Crippen LogP contribution in [0.2, 0.25) is 10.0 Å². The lowest BCUT2D eigenvalue weighted by Crippen LogP contribution is -2.27. The summed E-state index contributed by atoms with van der Waals surface area (Å²) in [5.41, 5.74) is 1.16. The highest BCUT2D eigenvalue weighted by atomic mass is 35.5. The van der Waals surface area contributed by atoms with E-state index in [9.17, 15) is 14.7 Å². The molecule has 1 saturated heterocycles. The zero-order valence-corrected chi connectivity index (χ0v) is 14.5. The summed E-state index contributed by atoms with van der Waals surface area (Å²) in [4.78, 5) is 26.1. The number of thioether (sulfide) groups is 1. The Hall–Kier alpha value is -1.95. The Labute approximate surface area is 152 Å². The van der Waals surface area contributed by atoms with E-state index in [1.165, 1.54) is 12.1 Å². The van der Waals surface area contributed by atoms with Crippen molar-refractivity contribution in [2.24, 2.45) is 0 Å². The minimum absolute atomic E-state index is 0.0144. The molecule has 0 saturated carbocycles. The van der Waals surface area contributed by atoms with E-state index in [4.69, 9.17) is 23.2 Å². The number of amides is 2. The van der Waals surface area contributed by atoms with Crippen LogP contribution in [0.3, 0.4) is 0 Å². The number of carbonyl (C=O) groups is 2. The Morgan fingerprint density at radius 2 is 1.75 bits per heavy atom. The molecule has 0 unspecified atom stereocenters. The Morgan fingerprint density at radius 3 is 2.42 bits per heavy atom. The number of carbonyl (C=O) groups excluding carboxylic acids is 2. The second-order valence-electron chi connectivity index (χ2n) is 5.06. The monoisotopic (exact) mass is 379 g/mol. The number of hydrogen-bond donors (Lipinski definition) is 1. The molecule has 0 spiro atoms. The number of benzene rings is 2. The average Bonchev–Trinajstić information content (AvgIpc) is 2.78. The first-order chi connectivity index (χ1) is 11.5. The first kappa shape index (κ1) is 16.9. The van der Waals surface area contributed by atoms with E-state index < -0.39 is 5.91 Å². The number of nitrogens with zero attached hydrogens (tertiary/aromatic N) is 1. The van der Waals surface area contributed by atoms with E-state index in [-0.39, 0.29) is 22.4 Å². The van der Waals surface area contributed by atoms with Crippen LogP contribution in [0.15, 0.2) is 47.4 Å². The van der Waals surface area contributed by atoms with Crippen LogP contribution >= 0.6 is 35.0 Å². The van der Waals surface area contributed by atoms with Crippen molar-refractivity contribution in [3.63, 3.8) is 0 Å². The van der Waals surface area contributed by atoms with Gasteiger partial charge >= 0.3 is 0 Å². The summed E-state index contributed by atoms with van der Waals surface area (Å²) in [5.74, 6) is -0.324. The number of phenolic OH excluding ortho intramolecular Hbond substituents is 1. The lowest BCUT2D eigenvalue weighted by molar-refractivity contribution is -0.123. The van der Waals surface area contributed by atoms with Crippen LogP contribution in [0.1, 0.15) is 11.1 Å². The van der Waals surface area contributed by atoms with Crippen LogP contribution in [0, 0.1) is 0 Å². The summed E-state index contributed by atoms with van der Waals surface area (Å²) in [6.45, 7) is 0.0144. The van der Waals surface area contributed by atoms with Gasteiger partial charge < -0.3 is 5.11 Å². The first-order valence-electron chi connectivity index (χ1n) is 6.93. The molecule has 0 aliphatic carbocycles. The molecule has 24 heavy (non-hydrogen) atoms. The van der Waals surface area contributed by atoms with Crippen molar-refractivity contribution >= 4 is 52.2 Å². The molecule has 2 aromatic carbocycles. The quantitative estimate of drug-likeness (QED) is 0.767. The first-order valence-corrected chi connectivity index (χ1v) is 8.50. The number of hydrogen-bond acceptors (Lipinski definition) is 4. The highest BCUT2D eigenvalue weighted by Crippen LogP contribution is 2.35. The van der Waals surface area contributed by atoms with E-state index in [1.54, 1.807) is 36.4 Å². The van der Waals surface area contributed by atoms with Gasteiger partial charge in [-0.25, -0.2) is 0 Å². The van der Waals surface area contributed by atoms with Crippen molar-refractivity contribution in [2.75, 3.05) is 0 Å². The molecule has 7 heteroatoms. The van der Waals surface area contributed by atoms with Gasteiger partial charge in [0, 0.05) is 15.6 Å². The zero-order valence-electron chi connectivity index (χ0n) is 12.2. The standard InChI is InChI=1S/C17H11Cl2NO3S/c18-13-5-2-6-14(19)12(13)9-20-16(22)15(24-17(20)23)8-10-3-1-4-11(21)7-10/h1-8,21H,9H2/b15-8+. The minimum Gasteiger partial charge on any atom is -0.508 e. The SMILES string of the molecule is O=C1S/C(=C/c2cccc(O)c2)C(=O)N1Cc1c(Cl)cccc1Cl. The summed E-state index contributed by atoms with van der Waals surface area (Å²) in [6.07, 6.45) is 1.57. The fraction of sp³-hybridized carbons (Fsp3) is 0.0588. The fourth-order valence-corrected chi connectivity index (χ4v) is 3.60. The van der Waals surface area contributed by atoms with E-state index in [2.05, 4.69) is 0 Å². The molecule has 1 fully saturated rings. The van der Waals surface area contributed by atoms with Crippen molar-refractivity contribution < 1.29 is 14.7 Å². The summed E-state index contributed by atoms with van der Waals surface area (Å²) in [6, 6.07) is 11.5. The summed E-state index contributed by atoms with van der Waals surface area (Å²) in [5, 5.41) is 9.90. The van der Waals surface area contributed by atoms with Gasteiger partial charge in [0.1, 0.15) is 5.75 Å². The predicted octanol–water partition coefficient (Wildman–Crippen LogP) is 4.94. The van der Waals surface area contributed by atoms with Crippen LogP contribution in [-0.4, -0.2) is 21.2 Å². The van der Waals surface area contributed by atoms with Gasteiger partial charge in [0.2, 0.25) is 0 Å². The molecule has 1 heterocycles. The lowest BCUT2D eigenvalue weighted by atomic mass is 10.2. The second-order valence-corrected chi connectivity index (χ2v) is 6.87. The lowest BCUT2D eigenvalue weighted by Gasteiger charge is -2.14. The Bertz CT molecular complexity index is 846. The Morgan fingerprint density at radius 1 is 1.08 bits per heavy atom. The highest BCUT2D eigenvalue weighted by Gasteiger charge is 2.35. The van der Waals surface area contributed by atoms with Crippen LogP contribution in [0.25, 0.3) is 6.08 Å².